The van der Waals surface area contributed by atoms with Gasteiger partial charge in [-0.2, -0.15) is 0 Å². The average molecular weight is 232 g/mol. The predicted octanol–water partition coefficient (Wildman–Crippen LogP) is 4.52. The molecule has 2 rings (SSSR count). The molecule has 0 spiro atoms. The van der Waals surface area contributed by atoms with Crippen LogP contribution in [-0.2, 0) is 12.8 Å². The maximum atomic E-state index is 6.14. The lowest BCUT2D eigenvalue weighted by Crippen LogP contribution is -2.22. The maximum Gasteiger partial charge on any atom is 0.126 e. The zero-order valence-corrected chi connectivity index (χ0v) is 11.2. The fourth-order valence-corrected chi connectivity index (χ4v) is 2.58. The minimum atomic E-state index is 0.440. The smallest absolute Gasteiger partial charge is 0.126 e. The third kappa shape index (κ3) is 3.02. The molecular weight excluding hydrogens is 208 g/mol. The van der Waals surface area contributed by atoms with Crippen molar-refractivity contribution in [3.8, 4) is 5.75 Å². The number of hydrogen-bond donors (Lipinski definition) is 0. The van der Waals surface area contributed by atoms with Gasteiger partial charge in [0.15, 0.2) is 0 Å². The Bertz CT molecular complexity index is 357. The van der Waals surface area contributed by atoms with Gasteiger partial charge in [0.2, 0.25) is 0 Å². The first-order chi connectivity index (χ1) is 8.35. The first-order valence-electron chi connectivity index (χ1n) is 7.12. The lowest BCUT2D eigenvalue weighted by molar-refractivity contribution is 0.167. The van der Waals surface area contributed by atoms with Crippen LogP contribution in [0, 0.1) is 0 Å². The summed E-state index contributed by atoms with van der Waals surface area (Å²) in [6, 6.07) is 6.66. The molecule has 17 heavy (non-hydrogen) atoms. The van der Waals surface area contributed by atoms with Crippen molar-refractivity contribution in [3.05, 3.63) is 29.3 Å². The van der Waals surface area contributed by atoms with E-state index in [2.05, 4.69) is 32.0 Å². The Hall–Kier alpha value is -0.980. The van der Waals surface area contributed by atoms with E-state index < -0.39 is 0 Å². The number of benzene rings is 1. The van der Waals surface area contributed by atoms with Crippen molar-refractivity contribution in [1.29, 1.82) is 0 Å². The summed E-state index contributed by atoms with van der Waals surface area (Å²) in [5.74, 6) is 1.21. The fraction of sp³-hybridized carbons (Fsp3) is 0.625. The van der Waals surface area contributed by atoms with Gasteiger partial charge < -0.3 is 4.74 Å². The van der Waals surface area contributed by atoms with E-state index in [1.165, 1.54) is 55.4 Å². The SMILES string of the molecule is CCCCCc1cccc2c1OC(CC)CC2. The molecule has 0 bridgehead atoms. The number of fused-ring (bicyclic) bond motifs is 1. The third-order valence-corrected chi connectivity index (χ3v) is 3.70. The molecule has 0 fully saturated rings. The van der Waals surface area contributed by atoms with Crippen molar-refractivity contribution in [2.24, 2.45) is 0 Å². The number of rotatable bonds is 5. The lowest BCUT2D eigenvalue weighted by Gasteiger charge is -2.27. The molecule has 1 aromatic carbocycles. The van der Waals surface area contributed by atoms with E-state index in [1.54, 1.807) is 0 Å². The maximum absolute atomic E-state index is 6.14. The van der Waals surface area contributed by atoms with Gasteiger partial charge in [-0.1, -0.05) is 44.9 Å². The molecule has 1 heterocycles. The van der Waals surface area contributed by atoms with Crippen molar-refractivity contribution in [2.45, 2.75) is 64.9 Å². The van der Waals surface area contributed by atoms with E-state index in [0.29, 0.717) is 6.10 Å². The molecule has 1 unspecified atom stereocenters. The van der Waals surface area contributed by atoms with Gasteiger partial charge >= 0.3 is 0 Å². The van der Waals surface area contributed by atoms with Gasteiger partial charge in [-0.25, -0.2) is 0 Å². The van der Waals surface area contributed by atoms with Crippen LogP contribution in [0.5, 0.6) is 5.75 Å². The summed E-state index contributed by atoms with van der Waals surface area (Å²) in [5, 5.41) is 0. The van der Waals surface area contributed by atoms with E-state index in [-0.39, 0.29) is 0 Å². The molecule has 0 aromatic heterocycles. The van der Waals surface area contributed by atoms with Crippen LogP contribution in [0.25, 0.3) is 0 Å². The van der Waals surface area contributed by atoms with E-state index >= 15 is 0 Å². The normalized spacial score (nSPS) is 18.6. The molecule has 1 nitrogen and oxygen atoms in total. The Morgan fingerprint density at radius 1 is 1.24 bits per heavy atom. The molecule has 94 valence electrons. The number of aryl methyl sites for hydroxylation is 2. The molecular formula is C16H24O. The molecule has 1 heteroatoms. The lowest BCUT2D eigenvalue weighted by atomic mass is 9.96. The van der Waals surface area contributed by atoms with Crippen LogP contribution in [-0.4, -0.2) is 6.10 Å². The molecule has 0 amide bonds. The number of hydrogen-bond acceptors (Lipinski definition) is 1. The second kappa shape index (κ2) is 6.09. The van der Waals surface area contributed by atoms with Gasteiger partial charge in [0.05, 0.1) is 6.10 Å². The number of ether oxygens (including phenoxy) is 1. The number of unbranched alkanes of at least 4 members (excludes halogenated alkanes) is 2. The summed E-state index contributed by atoms with van der Waals surface area (Å²) in [6.45, 7) is 4.47. The molecule has 1 atom stereocenters. The summed E-state index contributed by atoms with van der Waals surface area (Å²) in [6.07, 6.45) is 9.00. The highest BCUT2D eigenvalue weighted by molar-refractivity contribution is 5.43. The molecule has 0 radical (unpaired) electrons. The van der Waals surface area contributed by atoms with Crippen LogP contribution in [0.2, 0.25) is 0 Å². The second-order valence-electron chi connectivity index (χ2n) is 5.05. The Labute approximate surface area is 105 Å². The molecule has 0 saturated carbocycles. The van der Waals surface area contributed by atoms with Crippen LogP contribution >= 0.6 is 0 Å². The van der Waals surface area contributed by atoms with Gasteiger partial charge in [-0.15, -0.1) is 0 Å². The molecule has 1 aliphatic heterocycles. The monoisotopic (exact) mass is 232 g/mol. The standard InChI is InChI=1S/C16H24O/c1-3-5-6-8-13-9-7-10-14-11-12-15(4-2)17-16(13)14/h7,9-10,15H,3-6,8,11-12H2,1-2H3. The van der Waals surface area contributed by atoms with Crippen LogP contribution in [0.15, 0.2) is 18.2 Å². The highest BCUT2D eigenvalue weighted by Crippen LogP contribution is 2.33. The molecule has 0 N–H and O–H groups in total. The number of para-hydroxylation sites is 1. The average Bonchev–Trinajstić information content (AvgIpc) is 2.39. The van der Waals surface area contributed by atoms with Gasteiger partial charge in [-0.05, 0) is 43.2 Å². The van der Waals surface area contributed by atoms with E-state index in [0.717, 1.165) is 6.42 Å². The highest BCUT2D eigenvalue weighted by atomic mass is 16.5. The molecule has 0 saturated heterocycles. The predicted molar refractivity (Wildman–Crippen MR) is 72.7 cm³/mol. The summed E-state index contributed by atoms with van der Waals surface area (Å²) in [4.78, 5) is 0. The van der Waals surface area contributed by atoms with E-state index in [4.69, 9.17) is 4.74 Å². The quantitative estimate of drug-likeness (QED) is 0.678. The van der Waals surface area contributed by atoms with Crippen LogP contribution in [0.1, 0.15) is 57.1 Å². The van der Waals surface area contributed by atoms with E-state index in [1.807, 2.05) is 0 Å². The Balaban J connectivity index is 2.11. The Morgan fingerprint density at radius 3 is 2.88 bits per heavy atom. The fourth-order valence-electron chi connectivity index (χ4n) is 2.58. The first kappa shape index (κ1) is 12.5. The van der Waals surface area contributed by atoms with Crippen molar-refractivity contribution < 1.29 is 4.74 Å². The van der Waals surface area contributed by atoms with Crippen molar-refractivity contribution in [3.63, 3.8) is 0 Å². The third-order valence-electron chi connectivity index (χ3n) is 3.70. The van der Waals surface area contributed by atoms with Crippen molar-refractivity contribution in [2.75, 3.05) is 0 Å². The van der Waals surface area contributed by atoms with Crippen LogP contribution < -0.4 is 4.74 Å². The highest BCUT2D eigenvalue weighted by Gasteiger charge is 2.20. The Morgan fingerprint density at radius 2 is 2.12 bits per heavy atom. The molecule has 1 aromatic rings. The summed E-state index contributed by atoms with van der Waals surface area (Å²) >= 11 is 0. The molecule has 1 aliphatic rings. The zero-order valence-electron chi connectivity index (χ0n) is 11.2. The summed E-state index contributed by atoms with van der Waals surface area (Å²) < 4.78 is 6.14. The minimum absolute atomic E-state index is 0.440. The topological polar surface area (TPSA) is 9.23 Å². The van der Waals surface area contributed by atoms with Crippen molar-refractivity contribution >= 4 is 0 Å². The largest absolute Gasteiger partial charge is 0.490 e. The zero-order chi connectivity index (χ0) is 12.1. The van der Waals surface area contributed by atoms with Crippen LogP contribution in [0.3, 0.4) is 0 Å². The summed E-state index contributed by atoms with van der Waals surface area (Å²) in [7, 11) is 0. The first-order valence-corrected chi connectivity index (χ1v) is 7.12. The van der Waals surface area contributed by atoms with Crippen LogP contribution in [0.4, 0.5) is 0 Å². The summed E-state index contributed by atoms with van der Waals surface area (Å²) in [5.41, 5.74) is 2.85. The van der Waals surface area contributed by atoms with Gasteiger partial charge in [0.1, 0.15) is 5.75 Å². The minimum Gasteiger partial charge on any atom is -0.490 e. The molecule has 0 aliphatic carbocycles. The second-order valence-corrected chi connectivity index (χ2v) is 5.05. The van der Waals surface area contributed by atoms with Gasteiger partial charge in [-0.3, -0.25) is 0 Å². The van der Waals surface area contributed by atoms with Gasteiger partial charge in [0.25, 0.3) is 0 Å². The van der Waals surface area contributed by atoms with E-state index in [9.17, 15) is 0 Å². The van der Waals surface area contributed by atoms with Crippen molar-refractivity contribution in [1.82, 2.24) is 0 Å². The Kier molecular flexibility index (Phi) is 4.47. The van der Waals surface area contributed by atoms with Gasteiger partial charge in [0, 0.05) is 0 Å².